The fraction of sp³-hybridized carbons (Fsp3) is 0.375. The molecule has 0 aliphatic heterocycles. The van der Waals surface area contributed by atoms with Gasteiger partial charge in [0.1, 0.15) is 0 Å². The average Bonchev–Trinajstić information content (AvgIpc) is 2.48. The lowest BCUT2D eigenvalue weighted by molar-refractivity contribution is -0.0273. The molecule has 0 amide bonds. The Labute approximate surface area is 118 Å². The zero-order valence-corrected chi connectivity index (χ0v) is 11.3. The van der Waals surface area contributed by atoms with E-state index in [0.29, 0.717) is 18.4 Å². The second-order valence-corrected chi connectivity index (χ2v) is 4.89. The van der Waals surface area contributed by atoms with E-state index < -0.39 is 11.8 Å². The molecule has 1 fully saturated rings. The standard InChI is InChI=1S/C16H18O4/c1-2-19-15(18)20-16(11-7-4-8-12-16)14(17)13-9-5-3-6-10-13/h2-3,5-6,9-10H,1,4,7-8,11-12H2. The minimum absolute atomic E-state index is 0.154. The molecule has 0 bridgehead atoms. The molecule has 0 radical (unpaired) electrons. The van der Waals surface area contributed by atoms with Crippen LogP contribution in [0.1, 0.15) is 42.5 Å². The topological polar surface area (TPSA) is 52.6 Å². The molecule has 1 saturated carbocycles. The van der Waals surface area contributed by atoms with Gasteiger partial charge >= 0.3 is 6.16 Å². The highest BCUT2D eigenvalue weighted by atomic mass is 16.7. The van der Waals surface area contributed by atoms with Crippen LogP contribution in [0.15, 0.2) is 43.2 Å². The van der Waals surface area contributed by atoms with E-state index in [0.717, 1.165) is 25.5 Å². The summed E-state index contributed by atoms with van der Waals surface area (Å²) >= 11 is 0. The maximum Gasteiger partial charge on any atom is 0.514 e. The van der Waals surface area contributed by atoms with E-state index >= 15 is 0 Å². The minimum Gasteiger partial charge on any atom is -0.419 e. The summed E-state index contributed by atoms with van der Waals surface area (Å²) in [5, 5.41) is 0. The van der Waals surface area contributed by atoms with Gasteiger partial charge in [-0.15, -0.1) is 0 Å². The SMILES string of the molecule is C=COC(=O)OC1(C(=O)c2ccccc2)CCCCC1. The number of carbonyl (C=O) groups excluding carboxylic acids is 2. The van der Waals surface area contributed by atoms with E-state index in [2.05, 4.69) is 11.3 Å². The summed E-state index contributed by atoms with van der Waals surface area (Å²) in [5.41, 5.74) is -0.541. The lowest BCUT2D eigenvalue weighted by Gasteiger charge is -2.34. The van der Waals surface area contributed by atoms with Gasteiger partial charge in [-0.2, -0.15) is 0 Å². The number of rotatable bonds is 4. The monoisotopic (exact) mass is 274 g/mol. The number of carbonyl (C=O) groups is 2. The summed E-state index contributed by atoms with van der Waals surface area (Å²) < 4.78 is 9.96. The van der Waals surface area contributed by atoms with Gasteiger partial charge in [0.2, 0.25) is 5.78 Å². The number of hydrogen-bond donors (Lipinski definition) is 0. The maximum atomic E-state index is 12.7. The van der Waals surface area contributed by atoms with E-state index in [1.54, 1.807) is 24.3 Å². The maximum absolute atomic E-state index is 12.7. The summed E-state index contributed by atoms with van der Waals surface area (Å²) in [6.07, 6.45) is 3.97. The third kappa shape index (κ3) is 3.07. The van der Waals surface area contributed by atoms with Gasteiger partial charge in [0.15, 0.2) is 5.60 Å². The molecule has 106 valence electrons. The normalized spacial score (nSPS) is 17.0. The molecule has 1 aliphatic rings. The van der Waals surface area contributed by atoms with Crippen molar-refractivity contribution in [3.8, 4) is 0 Å². The molecule has 0 saturated heterocycles. The highest BCUT2D eigenvalue weighted by Crippen LogP contribution is 2.35. The molecule has 0 atom stereocenters. The average molecular weight is 274 g/mol. The van der Waals surface area contributed by atoms with Crippen molar-refractivity contribution >= 4 is 11.9 Å². The lowest BCUT2D eigenvalue weighted by Crippen LogP contribution is -2.45. The van der Waals surface area contributed by atoms with Crippen LogP contribution in [0.5, 0.6) is 0 Å². The number of benzene rings is 1. The fourth-order valence-electron chi connectivity index (χ4n) is 2.60. The number of ketones is 1. The van der Waals surface area contributed by atoms with Crippen molar-refractivity contribution in [2.45, 2.75) is 37.7 Å². The Bertz CT molecular complexity index is 486. The van der Waals surface area contributed by atoms with Gasteiger partial charge in [-0.25, -0.2) is 4.79 Å². The van der Waals surface area contributed by atoms with Crippen LogP contribution in [-0.4, -0.2) is 17.5 Å². The van der Waals surface area contributed by atoms with Crippen molar-refractivity contribution in [3.05, 3.63) is 48.7 Å². The molecule has 0 N–H and O–H groups in total. The van der Waals surface area contributed by atoms with Crippen molar-refractivity contribution in [1.29, 1.82) is 0 Å². The Balaban J connectivity index is 2.24. The van der Waals surface area contributed by atoms with E-state index in [4.69, 9.17) is 4.74 Å². The Morgan fingerprint density at radius 3 is 2.35 bits per heavy atom. The molecule has 1 aliphatic carbocycles. The molecule has 4 nitrogen and oxygen atoms in total. The number of ether oxygens (including phenoxy) is 2. The van der Waals surface area contributed by atoms with Gasteiger partial charge in [0, 0.05) is 5.56 Å². The van der Waals surface area contributed by atoms with Crippen molar-refractivity contribution in [2.24, 2.45) is 0 Å². The number of hydrogen-bond acceptors (Lipinski definition) is 4. The largest absolute Gasteiger partial charge is 0.514 e. The first kappa shape index (κ1) is 14.3. The van der Waals surface area contributed by atoms with Gasteiger partial charge in [-0.1, -0.05) is 43.3 Å². The molecule has 4 heteroatoms. The molecule has 1 aromatic carbocycles. The van der Waals surface area contributed by atoms with Crippen LogP contribution in [0.3, 0.4) is 0 Å². The van der Waals surface area contributed by atoms with E-state index in [1.807, 2.05) is 6.07 Å². The molecular formula is C16H18O4. The highest BCUT2D eigenvalue weighted by molar-refractivity contribution is 6.03. The molecule has 0 heterocycles. The lowest BCUT2D eigenvalue weighted by atomic mass is 9.79. The molecule has 1 aromatic rings. The number of Topliss-reactive ketones (excluding diaryl/α,β-unsaturated/α-hetero) is 1. The third-order valence-corrected chi connectivity index (χ3v) is 3.57. The molecule has 2 rings (SSSR count). The highest BCUT2D eigenvalue weighted by Gasteiger charge is 2.44. The van der Waals surface area contributed by atoms with Gasteiger partial charge in [-0.05, 0) is 25.7 Å². The van der Waals surface area contributed by atoms with Crippen LogP contribution in [0.4, 0.5) is 4.79 Å². The van der Waals surface area contributed by atoms with Crippen LogP contribution in [0.2, 0.25) is 0 Å². The molecule has 20 heavy (non-hydrogen) atoms. The van der Waals surface area contributed by atoms with E-state index in [9.17, 15) is 9.59 Å². The van der Waals surface area contributed by atoms with Crippen molar-refractivity contribution in [1.82, 2.24) is 0 Å². The zero-order chi connectivity index (χ0) is 14.4. The van der Waals surface area contributed by atoms with Gasteiger partial charge in [-0.3, -0.25) is 4.79 Å². The first-order chi connectivity index (χ1) is 9.68. The second kappa shape index (κ2) is 6.37. The van der Waals surface area contributed by atoms with E-state index in [-0.39, 0.29) is 5.78 Å². The summed E-state index contributed by atoms with van der Waals surface area (Å²) in [7, 11) is 0. The third-order valence-electron chi connectivity index (χ3n) is 3.57. The summed E-state index contributed by atoms with van der Waals surface area (Å²) in [5.74, 6) is -0.154. The predicted octanol–water partition coefficient (Wildman–Crippen LogP) is 3.87. The first-order valence-electron chi connectivity index (χ1n) is 6.78. The van der Waals surface area contributed by atoms with Gasteiger partial charge in [0.05, 0.1) is 6.26 Å². The van der Waals surface area contributed by atoms with Crippen LogP contribution in [-0.2, 0) is 9.47 Å². The summed E-state index contributed by atoms with van der Waals surface area (Å²) in [6.45, 7) is 3.31. The quantitative estimate of drug-likeness (QED) is 0.475. The summed E-state index contributed by atoms with van der Waals surface area (Å²) in [6, 6.07) is 8.91. The first-order valence-corrected chi connectivity index (χ1v) is 6.78. The van der Waals surface area contributed by atoms with E-state index in [1.165, 1.54) is 0 Å². The Kier molecular flexibility index (Phi) is 4.56. The molecule has 0 unspecified atom stereocenters. The smallest absolute Gasteiger partial charge is 0.419 e. The van der Waals surface area contributed by atoms with Crippen LogP contribution >= 0.6 is 0 Å². The summed E-state index contributed by atoms with van der Waals surface area (Å²) in [4.78, 5) is 24.3. The van der Waals surface area contributed by atoms with Crippen molar-refractivity contribution < 1.29 is 19.1 Å². The molecule has 0 aromatic heterocycles. The molecular weight excluding hydrogens is 256 g/mol. The van der Waals surface area contributed by atoms with Crippen LogP contribution in [0.25, 0.3) is 0 Å². The van der Waals surface area contributed by atoms with Crippen LogP contribution < -0.4 is 0 Å². The van der Waals surface area contributed by atoms with Crippen molar-refractivity contribution in [2.75, 3.05) is 0 Å². The Morgan fingerprint density at radius 2 is 1.75 bits per heavy atom. The van der Waals surface area contributed by atoms with Crippen molar-refractivity contribution in [3.63, 3.8) is 0 Å². The molecule has 0 spiro atoms. The van der Waals surface area contributed by atoms with Gasteiger partial charge in [0.25, 0.3) is 0 Å². The van der Waals surface area contributed by atoms with Crippen LogP contribution in [0, 0.1) is 0 Å². The Morgan fingerprint density at radius 1 is 1.10 bits per heavy atom. The Hall–Kier alpha value is -2.10. The second-order valence-electron chi connectivity index (χ2n) is 4.89. The fourth-order valence-corrected chi connectivity index (χ4v) is 2.60. The predicted molar refractivity (Wildman–Crippen MR) is 74.4 cm³/mol. The zero-order valence-electron chi connectivity index (χ0n) is 11.3. The van der Waals surface area contributed by atoms with Gasteiger partial charge < -0.3 is 9.47 Å². The minimum atomic E-state index is -1.10.